The van der Waals surface area contributed by atoms with E-state index in [4.69, 9.17) is 22.1 Å². The summed E-state index contributed by atoms with van der Waals surface area (Å²) in [6.07, 6.45) is 1.46. The van der Waals surface area contributed by atoms with Gasteiger partial charge in [-0.2, -0.15) is 0 Å². The summed E-state index contributed by atoms with van der Waals surface area (Å²) in [6.45, 7) is 1.32. The molecule has 2 N–H and O–H groups in total. The Labute approximate surface area is 99.5 Å². The second-order valence-corrected chi connectivity index (χ2v) is 4.66. The van der Waals surface area contributed by atoms with Crippen molar-refractivity contribution in [1.29, 1.82) is 0 Å². The third kappa shape index (κ3) is 2.73. The van der Waals surface area contributed by atoms with Gasteiger partial charge in [0, 0.05) is 23.6 Å². The Morgan fingerprint density at radius 3 is 3.00 bits per heavy atom. The molecule has 0 aromatic heterocycles. The first kappa shape index (κ1) is 11.8. The molecule has 0 bridgehead atoms. The quantitative estimate of drug-likeness (QED) is 0.866. The Bertz CT molecular complexity index is 372. The molecular weight excluding hydrogens is 229 g/mol. The van der Waals surface area contributed by atoms with E-state index in [2.05, 4.69) is 0 Å². The number of benzene rings is 1. The first-order valence-electron chi connectivity index (χ1n) is 5.44. The van der Waals surface area contributed by atoms with Crippen molar-refractivity contribution in [2.24, 2.45) is 11.7 Å². The zero-order valence-corrected chi connectivity index (χ0v) is 9.71. The van der Waals surface area contributed by atoms with Crippen LogP contribution in [0.15, 0.2) is 18.2 Å². The molecular formula is C12H15ClFNO. The van der Waals surface area contributed by atoms with Crippen LogP contribution in [-0.2, 0) is 11.2 Å². The molecule has 2 nitrogen and oxygen atoms in total. The van der Waals surface area contributed by atoms with E-state index in [9.17, 15) is 4.39 Å². The molecule has 1 aromatic rings. The van der Waals surface area contributed by atoms with E-state index in [1.165, 1.54) is 6.07 Å². The zero-order valence-electron chi connectivity index (χ0n) is 8.96. The molecule has 0 saturated carbocycles. The van der Waals surface area contributed by atoms with Crippen molar-refractivity contribution >= 4 is 11.6 Å². The Kier molecular flexibility index (Phi) is 3.79. The fraction of sp³-hybridized carbons (Fsp3) is 0.500. The zero-order chi connectivity index (χ0) is 11.5. The number of rotatable bonds is 2. The maximum Gasteiger partial charge on any atom is 0.127 e. The average Bonchev–Trinajstić information content (AvgIpc) is 2.25. The summed E-state index contributed by atoms with van der Waals surface area (Å²) in [5.41, 5.74) is 6.64. The maximum absolute atomic E-state index is 13.6. The second kappa shape index (κ2) is 5.13. The summed E-state index contributed by atoms with van der Waals surface area (Å²) in [5, 5.41) is 0.422. The Morgan fingerprint density at radius 2 is 2.31 bits per heavy atom. The van der Waals surface area contributed by atoms with Gasteiger partial charge in [-0.05, 0) is 30.5 Å². The van der Waals surface area contributed by atoms with Crippen LogP contribution in [0, 0.1) is 11.7 Å². The Hall–Kier alpha value is -0.640. The molecule has 0 amide bonds. The number of hydrogen-bond acceptors (Lipinski definition) is 2. The molecule has 0 spiro atoms. The molecule has 2 rings (SSSR count). The molecule has 16 heavy (non-hydrogen) atoms. The van der Waals surface area contributed by atoms with Crippen LogP contribution in [0.2, 0.25) is 5.02 Å². The van der Waals surface area contributed by atoms with E-state index >= 15 is 0 Å². The molecule has 1 fully saturated rings. The summed E-state index contributed by atoms with van der Waals surface area (Å²) in [5.74, 6) is -0.0605. The minimum Gasteiger partial charge on any atom is -0.381 e. The minimum absolute atomic E-state index is 0.101. The largest absolute Gasteiger partial charge is 0.381 e. The summed E-state index contributed by atoms with van der Waals surface area (Å²) >= 11 is 5.70. The second-order valence-electron chi connectivity index (χ2n) is 4.23. The number of ether oxygens (including phenoxy) is 1. The van der Waals surface area contributed by atoms with Crippen LogP contribution in [0.3, 0.4) is 0 Å². The third-order valence-electron chi connectivity index (χ3n) is 3.03. The summed E-state index contributed by atoms with van der Waals surface area (Å²) in [6, 6.07) is 4.86. The highest BCUT2D eigenvalue weighted by molar-refractivity contribution is 6.30. The highest BCUT2D eigenvalue weighted by Crippen LogP contribution is 2.22. The molecule has 1 saturated heterocycles. The van der Waals surface area contributed by atoms with Gasteiger partial charge in [-0.25, -0.2) is 4.39 Å². The van der Waals surface area contributed by atoms with E-state index in [0.717, 1.165) is 6.42 Å². The van der Waals surface area contributed by atoms with E-state index in [1.54, 1.807) is 12.1 Å². The van der Waals surface area contributed by atoms with Crippen molar-refractivity contribution in [3.05, 3.63) is 34.6 Å². The molecule has 0 radical (unpaired) electrons. The van der Waals surface area contributed by atoms with Gasteiger partial charge in [0.05, 0.1) is 6.61 Å². The van der Waals surface area contributed by atoms with Crippen LogP contribution in [0.5, 0.6) is 0 Å². The Balaban J connectivity index is 2.07. The fourth-order valence-corrected chi connectivity index (χ4v) is 2.15. The smallest absolute Gasteiger partial charge is 0.127 e. The van der Waals surface area contributed by atoms with Gasteiger partial charge in [0.2, 0.25) is 0 Å². The van der Waals surface area contributed by atoms with E-state index < -0.39 is 0 Å². The predicted octanol–water partition coefficient (Wildman–Crippen LogP) is 2.39. The normalized spacial score (nSPS) is 25.7. The van der Waals surface area contributed by atoms with Crippen molar-refractivity contribution in [2.75, 3.05) is 13.2 Å². The standard InChI is InChI=1S/C12H15ClFNO/c13-10-2-1-8(11(14)6-10)5-9-7-16-4-3-12(9)15/h1-2,6,9,12H,3-5,7,15H2. The highest BCUT2D eigenvalue weighted by atomic mass is 35.5. The van der Waals surface area contributed by atoms with Crippen LogP contribution >= 0.6 is 11.6 Å². The molecule has 1 aromatic carbocycles. The SMILES string of the molecule is NC1CCOCC1Cc1ccc(Cl)cc1F. The minimum atomic E-state index is -0.259. The van der Waals surface area contributed by atoms with Crippen molar-refractivity contribution in [3.8, 4) is 0 Å². The number of hydrogen-bond donors (Lipinski definition) is 1. The van der Waals surface area contributed by atoms with Gasteiger partial charge in [0.25, 0.3) is 0 Å². The lowest BCUT2D eigenvalue weighted by Crippen LogP contribution is -2.39. The van der Waals surface area contributed by atoms with Gasteiger partial charge < -0.3 is 10.5 Å². The lowest BCUT2D eigenvalue weighted by atomic mass is 9.90. The van der Waals surface area contributed by atoms with Crippen molar-refractivity contribution in [3.63, 3.8) is 0 Å². The Morgan fingerprint density at radius 1 is 1.50 bits per heavy atom. The maximum atomic E-state index is 13.6. The van der Waals surface area contributed by atoms with Crippen molar-refractivity contribution < 1.29 is 9.13 Å². The topological polar surface area (TPSA) is 35.2 Å². The molecule has 88 valence electrons. The first-order valence-corrected chi connectivity index (χ1v) is 5.82. The first-order chi connectivity index (χ1) is 7.66. The molecule has 2 atom stereocenters. The molecule has 0 aliphatic carbocycles. The van der Waals surface area contributed by atoms with E-state index in [0.29, 0.717) is 30.2 Å². The van der Waals surface area contributed by atoms with Gasteiger partial charge in [-0.15, -0.1) is 0 Å². The van der Waals surface area contributed by atoms with E-state index in [-0.39, 0.29) is 17.8 Å². The van der Waals surface area contributed by atoms with Crippen molar-refractivity contribution in [2.45, 2.75) is 18.9 Å². The van der Waals surface area contributed by atoms with Crippen LogP contribution in [0.4, 0.5) is 4.39 Å². The highest BCUT2D eigenvalue weighted by Gasteiger charge is 2.23. The lowest BCUT2D eigenvalue weighted by Gasteiger charge is -2.28. The van der Waals surface area contributed by atoms with Crippen LogP contribution in [0.25, 0.3) is 0 Å². The monoisotopic (exact) mass is 243 g/mol. The van der Waals surface area contributed by atoms with Crippen molar-refractivity contribution in [1.82, 2.24) is 0 Å². The van der Waals surface area contributed by atoms with Gasteiger partial charge in [-0.3, -0.25) is 0 Å². The van der Waals surface area contributed by atoms with Crippen LogP contribution < -0.4 is 5.73 Å². The summed E-state index contributed by atoms with van der Waals surface area (Å²) in [7, 11) is 0. The number of nitrogens with two attached hydrogens (primary N) is 1. The van der Waals surface area contributed by atoms with Crippen LogP contribution in [0.1, 0.15) is 12.0 Å². The average molecular weight is 244 g/mol. The predicted molar refractivity (Wildman–Crippen MR) is 62.0 cm³/mol. The van der Waals surface area contributed by atoms with Gasteiger partial charge in [-0.1, -0.05) is 17.7 Å². The molecule has 1 aliphatic rings. The fourth-order valence-electron chi connectivity index (χ4n) is 1.99. The van der Waals surface area contributed by atoms with Gasteiger partial charge in [0.15, 0.2) is 0 Å². The molecule has 4 heteroatoms. The van der Waals surface area contributed by atoms with Crippen LogP contribution in [-0.4, -0.2) is 19.3 Å². The number of halogens is 2. The lowest BCUT2D eigenvalue weighted by molar-refractivity contribution is 0.0419. The molecule has 1 heterocycles. The van der Waals surface area contributed by atoms with Gasteiger partial charge >= 0.3 is 0 Å². The van der Waals surface area contributed by atoms with Gasteiger partial charge in [0.1, 0.15) is 5.82 Å². The molecule has 1 aliphatic heterocycles. The summed E-state index contributed by atoms with van der Waals surface area (Å²) in [4.78, 5) is 0. The third-order valence-corrected chi connectivity index (χ3v) is 3.27. The molecule has 2 unspecified atom stereocenters. The summed E-state index contributed by atoms with van der Waals surface area (Å²) < 4.78 is 18.9. The van der Waals surface area contributed by atoms with E-state index in [1.807, 2.05) is 0 Å².